The maximum atomic E-state index is 12.9. The minimum Gasteiger partial charge on any atom is -0.409 e. The van der Waals surface area contributed by atoms with Gasteiger partial charge in [0.1, 0.15) is 5.92 Å². The predicted octanol–water partition coefficient (Wildman–Crippen LogP) is 0.793. The largest absolute Gasteiger partial charge is 0.409 e. The molecule has 8 heteroatoms. The average Bonchev–Trinajstić information content (AvgIpc) is 2.65. The Morgan fingerprint density at radius 1 is 1.47 bits per heavy atom. The van der Waals surface area contributed by atoms with Crippen molar-refractivity contribution in [2.24, 2.45) is 22.7 Å². The van der Waals surface area contributed by atoms with Gasteiger partial charge in [-0.3, -0.25) is 0 Å². The van der Waals surface area contributed by atoms with Crippen molar-refractivity contribution in [1.29, 1.82) is 0 Å². The third-order valence-corrected chi connectivity index (χ3v) is 3.62. The number of oxime groups is 1. The van der Waals surface area contributed by atoms with Crippen LogP contribution in [0.3, 0.4) is 0 Å². The molecule has 3 N–H and O–H groups in total. The molecule has 0 aromatic rings. The molecule has 5 nitrogen and oxygen atoms in total. The van der Waals surface area contributed by atoms with Crippen LogP contribution in [0.2, 0.25) is 0 Å². The van der Waals surface area contributed by atoms with Crippen LogP contribution in [0.15, 0.2) is 5.16 Å². The summed E-state index contributed by atoms with van der Waals surface area (Å²) < 4.78 is 38.6. The van der Waals surface area contributed by atoms with Gasteiger partial charge in [-0.2, -0.15) is 13.2 Å². The maximum absolute atomic E-state index is 12.9. The fourth-order valence-corrected chi connectivity index (χ4v) is 2.56. The second-order valence-electron chi connectivity index (χ2n) is 5.35. The van der Waals surface area contributed by atoms with Gasteiger partial charge in [0.25, 0.3) is 0 Å². The number of halogens is 3. The van der Waals surface area contributed by atoms with Crippen LogP contribution >= 0.6 is 0 Å². The van der Waals surface area contributed by atoms with Crippen molar-refractivity contribution in [3.8, 4) is 0 Å². The lowest BCUT2D eigenvalue weighted by molar-refractivity contribution is -0.159. The minimum atomic E-state index is -4.50. The molecular weight excluding hydrogens is 261 g/mol. The molecule has 1 aliphatic rings. The summed E-state index contributed by atoms with van der Waals surface area (Å²) >= 11 is 0. The number of likely N-dealkylation sites (tertiary alicyclic amines) is 1. The standard InChI is InChI=1S/C11H21F3N4O/c1-7-4-18(6-9(7)17(2)3)5-8(10(15)16-19)11(12,13)14/h7-9,19H,4-6H2,1-3H3,(H2,15,16). The Labute approximate surface area is 110 Å². The molecule has 0 saturated carbocycles. The molecule has 0 aromatic carbocycles. The molecule has 19 heavy (non-hydrogen) atoms. The van der Waals surface area contributed by atoms with Gasteiger partial charge in [0.15, 0.2) is 5.84 Å². The third kappa shape index (κ3) is 3.97. The smallest absolute Gasteiger partial charge is 0.400 e. The molecule has 3 atom stereocenters. The Hall–Kier alpha value is -1.02. The van der Waals surface area contributed by atoms with Gasteiger partial charge in [0.2, 0.25) is 0 Å². The van der Waals surface area contributed by atoms with Gasteiger partial charge in [0.05, 0.1) is 0 Å². The number of likely N-dealkylation sites (N-methyl/N-ethyl adjacent to an activating group) is 1. The topological polar surface area (TPSA) is 65.1 Å². The minimum absolute atomic E-state index is 0.223. The van der Waals surface area contributed by atoms with Crippen LogP contribution in [0.4, 0.5) is 13.2 Å². The molecule has 0 spiro atoms. The van der Waals surface area contributed by atoms with Gasteiger partial charge < -0.3 is 20.7 Å². The predicted molar refractivity (Wildman–Crippen MR) is 66.0 cm³/mol. The van der Waals surface area contributed by atoms with Crippen LogP contribution in [0.25, 0.3) is 0 Å². The number of rotatable bonds is 4. The monoisotopic (exact) mass is 282 g/mol. The molecule has 1 fully saturated rings. The first-order valence-corrected chi connectivity index (χ1v) is 6.09. The van der Waals surface area contributed by atoms with E-state index in [1.807, 2.05) is 25.9 Å². The number of hydrogen-bond donors (Lipinski definition) is 2. The molecule has 0 amide bonds. The van der Waals surface area contributed by atoms with Crippen LogP contribution in [-0.2, 0) is 0 Å². The quantitative estimate of drug-likeness (QED) is 0.346. The molecular formula is C11H21F3N4O. The highest BCUT2D eigenvalue weighted by Crippen LogP contribution is 2.29. The van der Waals surface area contributed by atoms with Crippen molar-refractivity contribution in [3.05, 3.63) is 0 Å². The van der Waals surface area contributed by atoms with E-state index in [1.54, 1.807) is 4.90 Å². The van der Waals surface area contributed by atoms with Crippen LogP contribution in [0.5, 0.6) is 0 Å². The van der Waals surface area contributed by atoms with Gasteiger partial charge in [0, 0.05) is 25.7 Å². The third-order valence-electron chi connectivity index (χ3n) is 3.62. The van der Waals surface area contributed by atoms with Gasteiger partial charge in [-0.15, -0.1) is 0 Å². The lowest BCUT2D eigenvalue weighted by Gasteiger charge is -2.25. The summed E-state index contributed by atoms with van der Waals surface area (Å²) in [6.07, 6.45) is -4.50. The van der Waals surface area contributed by atoms with E-state index in [0.29, 0.717) is 13.1 Å². The highest BCUT2D eigenvalue weighted by Gasteiger charge is 2.45. The number of amidine groups is 1. The highest BCUT2D eigenvalue weighted by molar-refractivity contribution is 5.83. The Morgan fingerprint density at radius 2 is 2.05 bits per heavy atom. The fraction of sp³-hybridized carbons (Fsp3) is 0.909. The molecule has 3 unspecified atom stereocenters. The Balaban J connectivity index is 2.72. The molecule has 1 heterocycles. The normalized spacial score (nSPS) is 28.1. The van der Waals surface area contributed by atoms with Gasteiger partial charge >= 0.3 is 6.18 Å². The summed E-state index contributed by atoms with van der Waals surface area (Å²) in [5.41, 5.74) is 5.15. The summed E-state index contributed by atoms with van der Waals surface area (Å²) in [6, 6.07) is 0.223. The number of alkyl halides is 3. The average molecular weight is 282 g/mol. The zero-order valence-corrected chi connectivity index (χ0v) is 11.4. The summed E-state index contributed by atoms with van der Waals surface area (Å²) in [4.78, 5) is 3.72. The van der Waals surface area contributed by atoms with Crippen molar-refractivity contribution in [2.45, 2.75) is 19.1 Å². The van der Waals surface area contributed by atoms with Crippen LogP contribution in [0.1, 0.15) is 6.92 Å². The van der Waals surface area contributed by atoms with E-state index >= 15 is 0 Å². The second-order valence-corrected chi connectivity index (χ2v) is 5.35. The molecule has 0 aliphatic carbocycles. The van der Waals surface area contributed by atoms with Gasteiger partial charge in [-0.25, -0.2) is 0 Å². The van der Waals surface area contributed by atoms with Crippen molar-refractivity contribution >= 4 is 5.84 Å². The zero-order valence-electron chi connectivity index (χ0n) is 11.4. The molecule has 1 aliphatic heterocycles. The summed E-state index contributed by atoms with van der Waals surface area (Å²) in [6.45, 7) is 2.87. The van der Waals surface area contributed by atoms with Crippen molar-refractivity contribution < 1.29 is 18.4 Å². The van der Waals surface area contributed by atoms with Crippen LogP contribution < -0.4 is 5.73 Å². The first-order valence-electron chi connectivity index (χ1n) is 6.09. The first kappa shape index (κ1) is 16.0. The zero-order chi connectivity index (χ0) is 14.8. The molecule has 0 bridgehead atoms. The van der Waals surface area contributed by atoms with Gasteiger partial charge in [-0.05, 0) is 20.0 Å². The molecule has 0 aromatic heterocycles. The van der Waals surface area contributed by atoms with Crippen molar-refractivity contribution in [2.75, 3.05) is 33.7 Å². The van der Waals surface area contributed by atoms with E-state index < -0.39 is 17.9 Å². The molecule has 0 radical (unpaired) electrons. The van der Waals surface area contributed by atoms with Gasteiger partial charge in [-0.1, -0.05) is 12.1 Å². The summed E-state index contributed by atoms with van der Waals surface area (Å²) in [5.74, 6) is -2.42. The Morgan fingerprint density at radius 3 is 2.42 bits per heavy atom. The Kier molecular flexibility index (Phi) is 5.03. The molecule has 1 rings (SSSR count). The summed E-state index contributed by atoms with van der Waals surface area (Å²) in [7, 11) is 3.82. The number of nitrogens with two attached hydrogens (primary N) is 1. The van der Waals surface area contributed by atoms with Crippen LogP contribution in [-0.4, -0.2) is 66.8 Å². The fourth-order valence-electron chi connectivity index (χ4n) is 2.56. The van der Waals surface area contributed by atoms with E-state index in [1.165, 1.54) is 0 Å². The van der Waals surface area contributed by atoms with E-state index in [0.717, 1.165) is 0 Å². The van der Waals surface area contributed by atoms with E-state index in [9.17, 15) is 13.2 Å². The Bertz CT molecular complexity index is 332. The SMILES string of the molecule is CC1CN(CC(C(N)=NO)C(F)(F)F)CC1N(C)C. The summed E-state index contributed by atoms with van der Waals surface area (Å²) in [5, 5.41) is 11.0. The maximum Gasteiger partial charge on any atom is 0.400 e. The van der Waals surface area contributed by atoms with Crippen LogP contribution in [0, 0.1) is 11.8 Å². The highest BCUT2D eigenvalue weighted by atomic mass is 19.4. The first-order chi connectivity index (χ1) is 8.66. The van der Waals surface area contributed by atoms with E-state index in [2.05, 4.69) is 5.16 Å². The number of hydrogen-bond acceptors (Lipinski definition) is 4. The lowest BCUT2D eigenvalue weighted by atomic mass is 10.1. The second kappa shape index (κ2) is 5.96. The van der Waals surface area contributed by atoms with E-state index in [-0.39, 0.29) is 18.5 Å². The molecule has 112 valence electrons. The lowest BCUT2D eigenvalue weighted by Crippen LogP contribution is -2.44. The van der Waals surface area contributed by atoms with Crippen molar-refractivity contribution in [3.63, 3.8) is 0 Å². The van der Waals surface area contributed by atoms with Crippen molar-refractivity contribution in [1.82, 2.24) is 9.80 Å². The molecule has 1 saturated heterocycles. The van der Waals surface area contributed by atoms with E-state index in [4.69, 9.17) is 10.9 Å². The number of nitrogens with zero attached hydrogens (tertiary/aromatic N) is 3.